The monoisotopic (exact) mass is 385 g/mol. The third kappa shape index (κ3) is 3.82. The van der Waals surface area contributed by atoms with Gasteiger partial charge in [-0.2, -0.15) is 0 Å². The number of nitrogens with zero attached hydrogens (tertiary/aromatic N) is 3. The smallest absolute Gasteiger partial charge is 0.226 e. The van der Waals surface area contributed by atoms with Crippen molar-refractivity contribution in [2.45, 2.75) is 26.2 Å². The number of anilines is 1. The van der Waals surface area contributed by atoms with Gasteiger partial charge < -0.3 is 19.4 Å². The number of amides is 2. The third-order valence-electron chi connectivity index (χ3n) is 6.41. The molecule has 6 heteroatoms. The summed E-state index contributed by atoms with van der Waals surface area (Å²) in [5.74, 6) is 1.65. The van der Waals surface area contributed by atoms with Crippen LogP contribution in [-0.4, -0.2) is 68.0 Å². The van der Waals surface area contributed by atoms with Crippen molar-refractivity contribution in [3.63, 3.8) is 0 Å². The van der Waals surface area contributed by atoms with Gasteiger partial charge in [-0.25, -0.2) is 0 Å². The second-order valence-electron chi connectivity index (χ2n) is 8.46. The van der Waals surface area contributed by atoms with Gasteiger partial charge in [0, 0.05) is 39.3 Å². The molecule has 152 valence electrons. The molecule has 28 heavy (non-hydrogen) atoms. The number of piperidine rings is 1. The van der Waals surface area contributed by atoms with Gasteiger partial charge in [0.2, 0.25) is 11.8 Å². The number of carbonyl (C=O) groups excluding carboxylic acids is 2. The second-order valence-corrected chi connectivity index (χ2v) is 8.46. The summed E-state index contributed by atoms with van der Waals surface area (Å²) in [6.07, 6.45) is 3.02. The minimum atomic E-state index is -0.0949. The van der Waals surface area contributed by atoms with E-state index in [0.29, 0.717) is 19.0 Å². The van der Waals surface area contributed by atoms with Crippen LogP contribution in [0.3, 0.4) is 0 Å². The Hall–Kier alpha value is -2.24. The fraction of sp³-hybridized carbons (Fsp3) is 0.636. The summed E-state index contributed by atoms with van der Waals surface area (Å²) in [5, 5.41) is 0. The van der Waals surface area contributed by atoms with E-state index in [0.717, 1.165) is 50.5 Å². The molecule has 2 aliphatic heterocycles. The number of benzene rings is 1. The fourth-order valence-electron chi connectivity index (χ4n) is 4.66. The molecule has 1 aliphatic carbocycles. The molecule has 4 rings (SSSR count). The normalized spacial score (nSPS) is 27.5. The minimum Gasteiger partial charge on any atom is -0.495 e. The standard InChI is InChI=1S/C22H31N3O3/c1-16-6-5-9-25(15-16)22(27)18-14-17(18)21(26)24-12-10-23(11-13-24)19-7-3-4-8-20(19)28-2/h3-4,7-8,16-18H,5-6,9-15H2,1-2H3. The van der Waals surface area contributed by atoms with Crippen LogP contribution in [0.5, 0.6) is 5.75 Å². The van der Waals surface area contributed by atoms with Crippen LogP contribution in [0.25, 0.3) is 0 Å². The van der Waals surface area contributed by atoms with E-state index in [2.05, 4.69) is 17.9 Å². The average Bonchev–Trinajstić information content (AvgIpc) is 3.53. The topological polar surface area (TPSA) is 53.1 Å². The molecule has 0 spiro atoms. The molecule has 3 fully saturated rings. The Labute approximate surface area is 167 Å². The van der Waals surface area contributed by atoms with Crippen LogP contribution in [0.4, 0.5) is 5.69 Å². The Bertz CT molecular complexity index is 729. The van der Waals surface area contributed by atoms with Crippen LogP contribution in [0, 0.1) is 17.8 Å². The van der Waals surface area contributed by atoms with E-state index < -0.39 is 0 Å². The summed E-state index contributed by atoms with van der Waals surface area (Å²) >= 11 is 0. The number of rotatable bonds is 4. The lowest BCUT2D eigenvalue weighted by atomic mass is 10.00. The first-order chi connectivity index (χ1) is 13.6. The summed E-state index contributed by atoms with van der Waals surface area (Å²) in [7, 11) is 1.69. The maximum absolute atomic E-state index is 12.9. The summed E-state index contributed by atoms with van der Waals surface area (Å²) in [5.41, 5.74) is 1.08. The molecule has 6 nitrogen and oxygen atoms in total. The lowest BCUT2D eigenvalue weighted by molar-refractivity contribution is -0.139. The molecular formula is C22H31N3O3. The molecule has 0 N–H and O–H groups in total. The minimum absolute atomic E-state index is 0.0787. The molecule has 2 heterocycles. The van der Waals surface area contributed by atoms with Gasteiger partial charge in [-0.15, -0.1) is 0 Å². The van der Waals surface area contributed by atoms with Gasteiger partial charge in [0.25, 0.3) is 0 Å². The lowest BCUT2D eigenvalue weighted by Gasteiger charge is -2.37. The molecule has 0 bridgehead atoms. The van der Waals surface area contributed by atoms with Crippen molar-refractivity contribution < 1.29 is 14.3 Å². The van der Waals surface area contributed by atoms with E-state index in [-0.39, 0.29) is 23.7 Å². The van der Waals surface area contributed by atoms with Gasteiger partial charge >= 0.3 is 0 Å². The highest BCUT2D eigenvalue weighted by Gasteiger charge is 2.51. The number of hydrogen-bond acceptors (Lipinski definition) is 4. The van der Waals surface area contributed by atoms with Gasteiger partial charge in [-0.05, 0) is 37.3 Å². The van der Waals surface area contributed by atoms with E-state index in [9.17, 15) is 9.59 Å². The van der Waals surface area contributed by atoms with Crippen LogP contribution in [0.15, 0.2) is 24.3 Å². The summed E-state index contributed by atoms with van der Waals surface area (Å²) in [6.45, 7) is 6.91. The largest absolute Gasteiger partial charge is 0.495 e. The predicted octanol–water partition coefficient (Wildman–Crippen LogP) is 2.24. The SMILES string of the molecule is COc1ccccc1N1CCN(C(=O)C2CC2C(=O)N2CCCC(C)C2)CC1. The summed E-state index contributed by atoms with van der Waals surface area (Å²) in [6, 6.07) is 8.01. The molecule has 2 amide bonds. The lowest BCUT2D eigenvalue weighted by Crippen LogP contribution is -2.49. The molecule has 1 aromatic carbocycles. The van der Waals surface area contributed by atoms with E-state index in [1.165, 1.54) is 6.42 Å². The molecule has 1 saturated carbocycles. The molecule has 3 aliphatic rings. The molecular weight excluding hydrogens is 354 g/mol. The number of ether oxygens (including phenoxy) is 1. The zero-order valence-corrected chi connectivity index (χ0v) is 17.0. The molecule has 3 unspecified atom stereocenters. The van der Waals surface area contributed by atoms with E-state index >= 15 is 0 Å². The first-order valence-corrected chi connectivity index (χ1v) is 10.5. The molecule has 1 aromatic rings. The Morgan fingerprint density at radius 1 is 0.964 bits per heavy atom. The van der Waals surface area contributed by atoms with Gasteiger partial charge in [0.05, 0.1) is 24.6 Å². The Morgan fingerprint density at radius 2 is 1.64 bits per heavy atom. The van der Waals surface area contributed by atoms with Crippen LogP contribution < -0.4 is 9.64 Å². The van der Waals surface area contributed by atoms with Crippen LogP contribution in [-0.2, 0) is 9.59 Å². The maximum Gasteiger partial charge on any atom is 0.226 e. The van der Waals surface area contributed by atoms with E-state index in [1.54, 1.807) is 7.11 Å². The van der Waals surface area contributed by atoms with Crippen molar-refractivity contribution in [2.75, 3.05) is 51.3 Å². The van der Waals surface area contributed by atoms with Crippen molar-refractivity contribution in [3.05, 3.63) is 24.3 Å². The van der Waals surface area contributed by atoms with E-state index in [4.69, 9.17) is 4.74 Å². The Kier molecular flexibility index (Phi) is 5.47. The van der Waals surface area contributed by atoms with Crippen LogP contribution in [0.1, 0.15) is 26.2 Å². The highest BCUT2D eigenvalue weighted by Crippen LogP contribution is 2.42. The highest BCUT2D eigenvalue weighted by atomic mass is 16.5. The summed E-state index contributed by atoms with van der Waals surface area (Å²) < 4.78 is 5.46. The second kappa shape index (κ2) is 8.02. The van der Waals surface area contributed by atoms with Crippen molar-refractivity contribution in [2.24, 2.45) is 17.8 Å². The number of carbonyl (C=O) groups is 2. The highest BCUT2D eigenvalue weighted by molar-refractivity contribution is 5.92. The number of likely N-dealkylation sites (tertiary alicyclic amines) is 1. The van der Waals surface area contributed by atoms with Crippen molar-refractivity contribution in [3.8, 4) is 5.75 Å². The fourth-order valence-corrected chi connectivity index (χ4v) is 4.66. The van der Waals surface area contributed by atoms with Gasteiger partial charge in [0.1, 0.15) is 5.75 Å². The maximum atomic E-state index is 12.9. The first-order valence-electron chi connectivity index (χ1n) is 10.5. The predicted molar refractivity (Wildman–Crippen MR) is 108 cm³/mol. The molecule has 0 radical (unpaired) electrons. The zero-order chi connectivity index (χ0) is 19.7. The Balaban J connectivity index is 1.30. The number of para-hydroxylation sites is 2. The van der Waals surface area contributed by atoms with Crippen molar-refractivity contribution in [1.82, 2.24) is 9.80 Å². The van der Waals surface area contributed by atoms with Crippen molar-refractivity contribution in [1.29, 1.82) is 0 Å². The van der Waals surface area contributed by atoms with Gasteiger partial charge in [-0.1, -0.05) is 19.1 Å². The Morgan fingerprint density at radius 3 is 2.32 bits per heavy atom. The molecule has 3 atom stereocenters. The number of methoxy groups -OCH3 is 1. The third-order valence-corrected chi connectivity index (χ3v) is 6.41. The molecule has 0 aromatic heterocycles. The van der Waals surface area contributed by atoms with Crippen LogP contribution >= 0.6 is 0 Å². The number of hydrogen-bond donors (Lipinski definition) is 0. The van der Waals surface area contributed by atoms with Gasteiger partial charge in [0.15, 0.2) is 0 Å². The van der Waals surface area contributed by atoms with E-state index in [1.807, 2.05) is 28.0 Å². The van der Waals surface area contributed by atoms with Gasteiger partial charge in [-0.3, -0.25) is 9.59 Å². The molecule has 2 saturated heterocycles. The van der Waals surface area contributed by atoms with Crippen molar-refractivity contribution >= 4 is 17.5 Å². The van der Waals surface area contributed by atoms with Crippen LogP contribution in [0.2, 0.25) is 0 Å². The summed E-state index contributed by atoms with van der Waals surface area (Å²) in [4.78, 5) is 31.9. The zero-order valence-electron chi connectivity index (χ0n) is 17.0. The first kappa shape index (κ1) is 19.1. The average molecular weight is 386 g/mol. The number of piperazine rings is 1. The quantitative estimate of drug-likeness (QED) is 0.798.